The number of hydrogen-bond acceptors (Lipinski definition) is 4. The number of nitrogens with two attached hydrogens (primary N) is 1. The lowest BCUT2D eigenvalue weighted by Gasteiger charge is -2.11. The maximum absolute atomic E-state index is 9.64. The third-order valence-electron chi connectivity index (χ3n) is 5.78. The van der Waals surface area contributed by atoms with Crippen molar-refractivity contribution in [3.05, 3.63) is 52.0 Å². The number of allylic oxidation sites excluding steroid dienone is 3. The highest BCUT2D eigenvalue weighted by molar-refractivity contribution is 6.08. The first kappa shape index (κ1) is 17.1. The SMILES string of the molecule is CC1=C(C#N)c2nc(N)c(C#N)c(C)c2/C1=C/c1ccn(C2CCCC2)c1. The molecule has 0 aromatic carbocycles. The molecule has 0 bridgehead atoms. The van der Waals surface area contributed by atoms with Crippen molar-refractivity contribution in [1.82, 2.24) is 9.55 Å². The molecular formula is C22H21N5. The molecule has 4 rings (SSSR count). The Hall–Kier alpha value is -3.31. The Morgan fingerprint density at radius 3 is 2.63 bits per heavy atom. The number of anilines is 1. The largest absolute Gasteiger partial charge is 0.383 e. The Balaban J connectivity index is 1.85. The van der Waals surface area contributed by atoms with Gasteiger partial charge >= 0.3 is 0 Å². The zero-order valence-corrected chi connectivity index (χ0v) is 15.6. The molecule has 2 heterocycles. The van der Waals surface area contributed by atoms with Crippen molar-refractivity contribution in [2.75, 3.05) is 5.73 Å². The fourth-order valence-electron chi connectivity index (χ4n) is 4.31. The summed E-state index contributed by atoms with van der Waals surface area (Å²) >= 11 is 0. The molecule has 0 saturated heterocycles. The number of rotatable bonds is 2. The lowest BCUT2D eigenvalue weighted by Crippen LogP contribution is -2.03. The monoisotopic (exact) mass is 355 g/mol. The minimum absolute atomic E-state index is 0.183. The molecule has 5 heteroatoms. The van der Waals surface area contributed by atoms with Crippen LogP contribution in [0.4, 0.5) is 5.82 Å². The van der Waals surface area contributed by atoms with E-state index in [1.54, 1.807) is 0 Å². The summed E-state index contributed by atoms with van der Waals surface area (Å²) in [6, 6.07) is 7.10. The van der Waals surface area contributed by atoms with Crippen molar-refractivity contribution in [3.63, 3.8) is 0 Å². The average molecular weight is 355 g/mol. The Labute approximate surface area is 159 Å². The number of fused-ring (bicyclic) bond motifs is 1. The van der Waals surface area contributed by atoms with Gasteiger partial charge in [-0.15, -0.1) is 0 Å². The van der Waals surface area contributed by atoms with Gasteiger partial charge in [0, 0.05) is 24.0 Å². The maximum atomic E-state index is 9.64. The van der Waals surface area contributed by atoms with Gasteiger partial charge in [-0.25, -0.2) is 4.98 Å². The molecule has 2 aromatic rings. The Morgan fingerprint density at radius 2 is 1.96 bits per heavy atom. The van der Waals surface area contributed by atoms with E-state index in [-0.39, 0.29) is 5.82 Å². The number of nitriles is 2. The lowest BCUT2D eigenvalue weighted by atomic mass is 9.96. The molecule has 1 fully saturated rings. The predicted octanol–water partition coefficient (Wildman–Crippen LogP) is 4.61. The van der Waals surface area contributed by atoms with Crippen LogP contribution in [0.2, 0.25) is 0 Å². The normalized spacial score (nSPS) is 18.0. The van der Waals surface area contributed by atoms with E-state index in [2.05, 4.69) is 46.2 Å². The van der Waals surface area contributed by atoms with E-state index in [0.717, 1.165) is 27.8 Å². The minimum Gasteiger partial charge on any atom is -0.383 e. The smallest absolute Gasteiger partial charge is 0.142 e. The van der Waals surface area contributed by atoms with Crippen LogP contribution in [0.25, 0.3) is 17.2 Å². The van der Waals surface area contributed by atoms with Gasteiger partial charge in [0.15, 0.2) is 0 Å². The summed E-state index contributed by atoms with van der Waals surface area (Å²) in [5, 5.41) is 19.1. The molecule has 2 aliphatic carbocycles. The minimum atomic E-state index is 0.183. The molecule has 0 unspecified atom stereocenters. The summed E-state index contributed by atoms with van der Waals surface area (Å²) in [6.07, 6.45) is 11.5. The molecule has 27 heavy (non-hydrogen) atoms. The van der Waals surface area contributed by atoms with Crippen molar-refractivity contribution < 1.29 is 0 Å². The van der Waals surface area contributed by atoms with Crippen LogP contribution in [0.3, 0.4) is 0 Å². The molecule has 134 valence electrons. The number of pyridine rings is 1. The number of hydrogen-bond donors (Lipinski definition) is 1. The second-order valence-corrected chi connectivity index (χ2v) is 7.33. The molecule has 0 amide bonds. The van der Waals surface area contributed by atoms with E-state index in [1.165, 1.54) is 25.7 Å². The zero-order valence-electron chi connectivity index (χ0n) is 15.6. The second-order valence-electron chi connectivity index (χ2n) is 7.33. The van der Waals surface area contributed by atoms with Crippen molar-refractivity contribution in [2.24, 2.45) is 0 Å². The molecule has 5 nitrogen and oxygen atoms in total. The van der Waals surface area contributed by atoms with Crippen LogP contribution in [0.5, 0.6) is 0 Å². The topological polar surface area (TPSA) is 91.4 Å². The molecule has 0 aliphatic heterocycles. The summed E-state index contributed by atoms with van der Waals surface area (Å²) in [7, 11) is 0. The lowest BCUT2D eigenvalue weighted by molar-refractivity contribution is 0.521. The molecule has 2 N–H and O–H groups in total. The Morgan fingerprint density at radius 1 is 1.22 bits per heavy atom. The van der Waals surface area contributed by atoms with E-state index in [9.17, 15) is 10.5 Å². The van der Waals surface area contributed by atoms with Gasteiger partial charge in [-0.1, -0.05) is 12.8 Å². The predicted molar refractivity (Wildman–Crippen MR) is 106 cm³/mol. The molecule has 0 atom stereocenters. The quantitative estimate of drug-likeness (QED) is 0.851. The number of nitrogens with zero attached hydrogens (tertiary/aromatic N) is 4. The van der Waals surface area contributed by atoms with Gasteiger partial charge in [0.1, 0.15) is 18.0 Å². The highest BCUT2D eigenvalue weighted by atomic mass is 15.0. The van der Waals surface area contributed by atoms with E-state index < -0.39 is 0 Å². The van der Waals surface area contributed by atoms with Crippen molar-refractivity contribution >= 4 is 23.0 Å². The number of nitrogen functional groups attached to an aromatic ring is 1. The van der Waals surface area contributed by atoms with Gasteiger partial charge < -0.3 is 10.3 Å². The van der Waals surface area contributed by atoms with Crippen molar-refractivity contribution in [3.8, 4) is 12.1 Å². The fraction of sp³-hybridized carbons (Fsp3) is 0.318. The Kier molecular flexibility index (Phi) is 4.09. The first-order valence-electron chi connectivity index (χ1n) is 9.26. The van der Waals surface area contributed by atoms with Crippen LogP contribution in [0, 0.1) is 29.6 Å². The fourth-order valence-corrected chi connectivity index (χ4v) is 4.31. The van der Waals surface area contributed by atoms with Gasteiger partial charge in [-0.2, -0.15) is 10.5 Å². The molecule has 1 saturated carbocycles. The summed E-state index contributed by atoms with van der Waals surface area (Å²) < 4.78 is 2.30. The molecule has 2 aliphatic rings. The Bertz CT molecular complexity index is 1080. The molecular weight excluding hydrogens is 334 g/mol. The van der Waals surface area contributed by atoms with Gasteiger partial charge in [0.05, 0.1) is 16.8 Å². The third kappa shape index (κ3) is 2.64. The van der Waals surface area contributed by atoms with Crippen LogP contribution >= 0.6 is 0 Å². The van der Waals surface area contributed by atoms with E-state index in [0.29, 0.717) is 22.9 Å². The van der Waals surface area contributed by atoms with E-state index in [4.69, 9.17) is 5.73 Å². The summed E-state index contributed by atoms with van der Waals surface area (Å²) in [5.41, 5.74) is 12.0. The summed E-state index contributed by atoms with van der Waals surface area (Å²) in [4.78, 5) is 4.38. The summed E-state index contributed by atoms with van der Waals surface area (Å²) in [5.74, 6) is 0.183. The standard InChI is InChI=1S/C22H21N5/c1-13-17(9-15-7-8-27(12-15)16-5-3-4-6-16)20-14(2)19(11-24)22(25)26-21(20)18(13)10-23/h7-9,12,16H,3-6H2,1-2H3,(H2,25,26)/b17-9+. The van der Waals surface area contributed by atoms with Crippen LogP contribution < -0.4 is 5.73 Å². The second kappa shape index (κ2) is 6.45. The zero-order chi connectivity index (χ0) is 19.1. The van der Waals surface area contributed by atoms with E-state index in [1.807, 2.05) is 13.8 Å². The van der Waals surface area contributed by atoms with Crippen LogP contribution in [-0.2, 0) is 0 Å². The molecule has 0 spiro atoms. The van der Waals surface area contributed by atoms with Gasteiger partial charge in [0.2, 0.25) is 0 Å². The summed E-state index contributed by atoms with van der Waals surface area (Å²) in [6.45, 7) is 3.81. The van der Waals surface area contributed by atoms with Crippen molar-refractivity contribution in [1.29, 1.82) is 10.5 Å². The number of aromatic nitrogens is 2. The van der Waals surface area contributed by atoms with Crippen LogP contribution in [0.1, 0.15) is 66.6 Å². The molecule has 0 radical (unpaired) electrons. The van der Waals surface area contributed by atoms with Crippen LogP contribution in [0.15, 0.2) is 24.0 Å². The van der Waals surface area contributed by atoms with Crippen molar-refractivity contribution in [2.45, 2.75) is 45.6 Å². The van der Waals surface area contributed by atoms with Gasteiger partial charge in [-0.05, 0) is 61.1 Å². The maximum Gasteiger partial charge on any atom is 0.142 e. The van der Waals surface area contributed by atoms with Gasteiger partial charge in [-0.3, -0.25) is 0 Å². The third-order valence-corrected chi connectivity index (χ3v) is 5.78. The van der Waals surface area contributed by atoms with Gasteiger partial charge in [0.25, 0.3) is 0 Å². The first-order chi connectivity index (χ1) is 13.0. The van der Waals surface area contributed by atoms with Crippen LogP contribution in [-0.4, -0.2) is 9.55 Å². The van der Waals surface area contributed by atoms with E-state index >= 15 is 0 Å². The highest BCUT2D eigenvalue weighted by Gasteiger charge is 2.29. The molecule has 2 aromatic heterocycles. The first-order valence-corrected chi connectivity index (χ1v) is 9.26. The highest BCUT2D eigenvalue weighted by Crippen LogP contribution is 2.44. The average Bonchev–Trinajstić information content (AvgIpc) is 3.36.